The van der Waals surface area contributed by atoms with E-state index in [1.807, 2.05) is 6.07 Å². The van der Waals surface area contributed by atoms with Gasteiger partial charge in [0.05, 0.1) is 4.92 Å². The number of aryl methyl sites for hydroxylation is 1. The van der Waals surface area contributed by atoms with Crippen LogP contribution in [0.15, 0.2) is 42.7 Å². The van der Waals surface area contributed by atoms with Crippen LogP contribution < -0.4 is 5.32 Å². The predicted octanol–water partition coefficient (Wildman–Crippen LogP) is 0.993. The Bertz CT molecular complexity index is 728. The summed E-state index contributed by atoms with van der Waals surface area (Å²) in [6, 6.07) is 7.94. The highest BCUT2D eigenvalue weighted by molar-refractivity contribution is 5.83. The van der Waals surface area contributed by atoms with E-state index in [0.29, 0.717) is 0 Å². The summed E-state index contributed by atoms with van der Waals surface area (Å²) in [5.41, 5.74) is 0.635. The molecule has 0 aliphatic carbocycles. The number of nitrogens with one attached hydrogen (secondary N) is 1. The molecule has 1 aromatic heterocycles. The molecule has 9 nitrogen and oxygen atoms in total. The van der Waals surface area contributed by atoms with Crippen LogP contribution in [0.25, 0.3) is 0 Å². The second-order valence-corrected chi connectivity index (χ2v) is 5.12. The van der Waals surface area contributed by atoms with Gasteiger partial charge in [0.25, 0.3) is 0 Å². The first-order valence-corrected chi connectivity index (χ1v) is 7.18. The van der Waals surface area contributed by atoms with Crippen molar-refractivity contribution in [1.29, 1.82) is 0 Å². The van der Waals surface area contributed by atoms with Crippen LogP contribution in [0, 0.1) is 10.1 Å². The number of carboxylic acid groups (broad SMARTS) is 1. The number of nitrogens with zero attached hydrogens (tertiary/aromatic N) is 3. The van der Waals surface area contributed by atoms with Crippen molar-refractivity contribution in [2.75, 3.05) is 0 Å². The molecule has 1 amide bonds. The molecule has 1 atom stereocenters. The second-order valence-electron chi connectivity index (χ2n) is 5.12. The molecule has 0 bridgehead atoms. The molecular weight excluding hydrogens is 316 g/mol. The summed E-state index contributed by atoms with van der Waals surface area (Å²) in [6.07, 6.45) is 2.45. The van der Waals surface area contributed by atoms with Gasteiger partial charge in [0.1, 0.15) is 18.4 Å². The lowest BCUT2D eigenvalue weighted by atomic mass is 10.1. The van der Waals surface area contributed by atoms with Crippen molar-refractivity contribution >= 4 is 17.6 Å². The maximum absolute atomic E-state index is 11.9. The molecule has 0 saturated carbocycles. The number of aliphatic carboxylic acids is 1. The van der Waals surface area contributed by atoms with Crippen LogP contribution in [0.2, 0.25) is 0 Å². The lowest BCUT2D eigenvalue weighted by Crippen LogP contribution is -2.42. The minimum Gasteiger partial charge on any atom is -0.480 e. The van der Waals surface area contributed by atoms with Gasteiger partial charge in [0.2, 0.25) is 5.91 Å². The Morgan fingerprint density at radius 1 is 1.33 bits per heavy atom. The van der Waals surface area contributed by atoms with Crippen LogP contribution >= 0.6 is 0 Å². The highest BCUT2D eigenvalue weighted by Gasteiger charge is 2.20. The van der Waals surface area contributed by atoms with Crippen LogP contribution in [0.5, 0.6) is 0 Å². The van der Waals surface area contributed by atoms with Gasteiger partial charge in [-0.3, -0.25) is 19.6 Å². The summed E-state index contributed by atoms with van der Waals surface area (Å²) in [5, 5.41) is 26.0. The van der Waals surface area contributed by atoms with Crippen molar-refractivity contribution in [3.63, 3.8) is 0 Å². The van der Waals surface area contributed by atoms with Crippen LogP contribution in [0.4, 0.5) is 5.69 Å². The normalized spacial score (nSPS) is 11.7. The molecule has 9 heteroatoms. The Balaban J connectivity index is 1.88. The van der Waals surface area contributed by atoms with E-state index < -0.39 is 22.8 Å². The first-order valence-electron chi connectivity index (χ1n) is 7.18. The molecule has 0 aliphatic rings. The van der Waals surface area contributed by atoms with Crippen LogP contribution in [-0.2, 0) is 22.6 Å². The largest absolute Gasteiger partial charge is 0.480 e. The second kappa shape index (κ2) is 7.86. The highest BCUT2D eigenvalue weighted by Crippen LogP contribution is 2.08. The summed E-state index contributed by atoms with van der Waals surface area (Å²) >= 11 is 0. The van der Waals surface area contributed by atoms with Gasteiger partial charge < -0.3 is 10.4 Å². The standard InChI is InChI=1S/C15H16N4O5/c20-14(6-7-18-10-12(9-16-18)19(23)24)17-13(15(21)22)8-11-4-2-1-3-5-11/h1-5,9-10,13H,6-8H2,(H,17,20)(H,21,22)/t13-/m1/s1. The van der Waals surface area contributed by atoms with Crippen molar-refractivity contribution in [2.24, 2.45) is 0 Å². The molecule has 126 valence electrons. The number of carboxylic acids is 1. The minimum absolute atomic E-state index is 0.0304. The zero-order valence-electron chi connectivity index (χ0n) is 12.7. The number of rotatable bonds is 8. The van der Waals surface area contributed by atoms with Crippen molar-refractivity contribution in [2.45, 2.75) is 25.4 Å². The van der Waals surface area contributed by atoms with Gasteiger partial charge in [0.15, 0.2) is 0 Å². The van der Waals surface area contributed by atoms with Crippen LogP contribution in [-0.4, -0.2) is 37.7 Å². The van der Waals surface area contributed by atoms with Crippen molar-refractivity contribution in [1.82, 2.24) is 15.1 Å². The first-order chi connectivity index (χ1) is 11.5. The molecular formula is C15H16N4O5. The molecule has 0 radical (unpaired) electrons. The van der Waals surface area contributed by atoms with E-state index in [2.05, 4.69) is 10.4 Å². The number of benzene rings is 1. The Morgan fingerprint density at radius 3 is 2.62 bits per heavy atom. The molecule has 0 aliphatic heterocycles. The number of carbonyl (C=O) groups is 2. The lowest BCUT2D eigenvalue weighted by Gasteiger charge is -2.14. The summed E-state index contributed by atoms with van der Waals surface area (Å²) in [6.45, 7) is 0.122. The lowest BCUT2D eigenvalue weighted by molar-refractivity contribution is -0.385. The number of hydrogen-bond acceptors (Lipinski definition) is 5. The Labute approximate surface area is 137 Å². The monoisotopic (exact) mass is 332 g/mol. The molecule has 2 rings (SSSR count). The fraction of sp³-hybridized carbons (Fsp3) is 0.267. The van der Waals surface area contributed by atoms with E-state index in [1.54, 1.807) is 24.3 Å². The summed E-state index contributed by atoms with van der Waals surface area (Å²) in [4.78, 5) is 33.2. The molecule has 0 saturated heterocycles. The molecule has 2 aromatic rings. The molecule has 1 heterocycles. The molecule has 2 N–H and O–H groups in total. The van der Waals surface area contributed by atoms with Gasteiger partial charge >= 0.3 is 11.7 Å². The minimum atomic E-state index is -1.12. The Kier molecular flexibility index (Phi) is 5.61. The average Bonchev–Trinajstić information content (AvgIpc) is 3.02. The summed E-state index contributed by atoms with van der Waals surface area (Å²) in [5.74, 6) is -1.58. The van der Waals surface area contributed by atoms with E-state index in [4.69, 9.17) is 0 Å². The number of aromatic nitrogens is 2. The number of hydrogen-bond donors (Lipinski definition) is 2. The fourth-order valence-electron chi connectivity index (χ4n) is 2.10. The Hall–Kier alpha value is -3.23. The number of carbonyl (C=O) groups excluding carboxylic acids is 1. The zero-order chi connectivity index (χ0) is 17.5. The predicted molar refractivity (Wildman–Crippen MR) is 83.2 cm³/mol. The smallest absolute Gasteiger partial charge is 0.326 e. The van der Waals surface area contributed by atoms with Crippen LogP contribution in [0.3, 0.4) is 0 Å². The van der Waals surface area contributed by atoms with E-state index in [0.717, 1.165) is 11.8 Å². The quantitative estimate of drug-likeness (QED) is 0.548. The van der Waals surface area contributed by atoms with Crippen molar-refractivity contribution < 1.29 is 19.6 Å². The SMILES string of the molecule is O=C(CCn1cc([N+](=O)[O-])cn1)N[C@H](Cc1ccccc1)C(=O)O. The molecule has 1 aromatic carbocycles. The first kappa shape index (κ1) is 17.1. The van der Waals surface area contributed by atoms with Crippen LogP contribution in [0.1, 0.15) is 12.0 Å². The molecule has 0 unspecified atom stereocenters. The average molecular weight is 332 g/mol. The summed E-state index contributed by atoms with van der Waals surface area (Å²) < 4.78 is 1.27. The van der Waals surface area contributed by atoms with Gasteiger partial charge in [-0.1, -0.05) is 30.3 Å². The van der Waals surface area contributed by atoms with Gasteiger partial charge in [-0.15, -0.1) is 0 Å². The third-order valence-electron chi connectivity index (χ3n) is 3.31. The topological polar surface area (TPSA) is 127 Å². The maximum Gasteiger partial charge on any atom is 0.326 e. The molecule has 24 heavy (non-hydrogen) atoms. The van der Waals surface area contributed by atoms with Crippen molar-refractivity contribution in [3.05, 3.63) is 58.4 Å². The number of amides is 1. The highest BCUT2D eigenvalue weighted by atomic mass is 16.6. The third kappa shape index (κ3) is 4.90. The van der Waals surface area contributed by atoms with E-state index in [9.17, 15) is 24.8 Å². The fourth-order valence-corrected chi connectivity index (χ4v) is 2.10. The van der Waals surface area contributed by atoms with Gasteiger partial charge in [-0.2, -0.15) is 5.10 Å². The number of nitro groups is 1. The van der Waals surface area contributed by atoms with Crippen molar-refractivity contribution in [3.8, 4) is 0 Å². The van der Waals surface area contributed by atoms with E-state index >= 15 is 0 Å². The van der Waals surface area contributed by atoms with Gasteiger partial charge in [0, 0.05) is 19.4 Å². The zero-order valence-corrected chi connectivity index (χ0v) is 12.7. The Morgan fingerprint density at radius 2 is 2.04 bits per heavy atom. The third-order valence-corrected chi connectivity index (χ3v) is 3.31. The maximum atomic E-state index is 11.9. The van der Waals surface area contributed by atoms with E-state index in [1.165, 1.54) is 10.9 Å². The van der Waals surface area contributed by atoms with E-state index in [-0.39, 0.29) is 25.1 Å². The summed E-state index contributed by atoms with van der Waals surface area (Å²) in [7, 11) is 0. The van der Waals surface area contributed by atoms with Gasteiger partial charge in [-0.05, 0) is 5.56 Å². The van der Waals surface area contributed by atoms with Gasteiger partial charge in [-0.25, -0.2) is 4.79 Å². The molecule has 0 spiro atoms. The molecule has 0 fully saturated rings.